The quantitative estimate of drug-likeness (QED) is 0.921. The Bertz CT molecular complexity index is 435. The minimum atomic E-state index is -0.227. The molecular formula is C12H17ClN4O2. The maximum absolute atomic E-state index is 11.6. The van der Waals surface area contributed by atoms with E-state index < -0.39 is 0 Å². The SMILES string of the molecule is CCOC(=O)N1CCC(Nc2cnnc(Cl)c2)CC1. The minimum absolute atomic E-state index is 0.227. The zero-order valence-corrected chi connectivity index (χ0v) is 11.6. The number of nitrogens with one attached hydrogen (secondary N) is 1. The lowest BCUT2D eigenvalue weighted by atomic mass is 10.1. The molecule has 0 aliphatic carbocycles. The molecule has 1 aliphatic rings. The lowest BCUT2D eigenvalue weighted by molar-refractivity contribution is 0.0983. The topological polar surface area (TPSA) is 67.3 Å². The lowest BCUT2D eigenvalue weighted by Gasteiger charge is -2.32. The number of hydrogen-bond acceptors (Lipinski definition) is 5. The van der Waals surface area contributed by atoms with Crippen molar-refractivity contribution >= 4 is 23.4 Å². The van der Waals surface area contributed by atoms with Crippen LogP contribution < -0.4 is 5.32 Å². The molecule has 0 unspecified atom stereocenters. The van der Waals surface area contributed by atoms with Crippen LogP contribution in [0, 0.1) is 0 Å². The van der Waals surface area contributed by atoms with Crippen molar-refractivity contribution < 1.29 is 9.53 Å². The standard InChI is InChI=1S/C12H17ClN4O2/c1-2-19-12(18)17-5-3-9(4-6-17)15-10-7-11(13)16-14-8-10/h7-9H,2-6H2,1H3,(H,15,16). The third-order valence-corrected chi connectivity index (χ3v) is 3.20. The van der Waals surface area contributed by atoms with Gasteiger partial charge in [0, 0.05) is 25.2 Å². The van der Waals surface area contributed by atoms with Crippen LogP contribution in [0.3, 0.4) is 0 Å². The van der Waals surface area contributed by atoms with Crippen LogP contribution in [-0.4, -0.2) is 46.9 Å². The minimum Gasteiger partial charge on any atom is -0.450 e. The second-order valence-corrected chi connectivity index (χ2v) is 4.76. The Labute approximate surface area is 117 Å². The maximum atomic E-state index is 11.6. The van der Waals surface area contributed by atoms with Crippen molar-refractivity contribution in [3.8, 4) is 0 Å². The summed E-state index contributed by atoms with van der Waals surface area (Å²) in [6.07, 6.45) is 3.16. The van der Waals surface area contributed by atoms with E-state index in [0.29, 0.717) is 30.9 Å². The van der Waals surface area contributed by atoms with Gasteiger partial charge in [0.1, 0.15) is 0 Å². The molecule has 0 radical (unpaired) electrons. The molecule has 6 nitrogen and oxygen atoms in total. The number of carbonyl (C=O) groups is 1. The molecule has 0 atom stereocenters. The van der Waals surface area contributed by atoms with E-state index in [2.05, 4.69) is 15.5 Å². The van der Waals surface area contributed by atoms with Crippen LogP contribution >= 0.6 is 11.6 Å². The molecule has 1 amide bonds. The average molecular weight is 285 g/mol. The molecule has 7 heteroatoms. The number of rotatable bonds is 3. The first-order valence-electron chi connectivity index (χ1n) is 6.35. The fraction of sp³-hybridized carbons (Fsp3) is 0.583. The molecule has 1 fully saturated rings. The van der Waals surface area contributed by atoms with Gasteiger partial charge in [0.25, 0.3) is 0 Å². The molecule has 1 aliphatic heterocycles. The number of anilines is 1. The van der Waals surface area contributed by atoms with Crippen LogP contribution in [-0.2, 0) is 4.74 Å². The van der Waals surface area contributed by atoms with Crippen molar-refractivity contribution in [1.82, 2.24) is 15.1 Å². The summed E-state index contributed by atoms with van der Waals surface area (Å²) in [6.45, 7) is 3.62. The molecule has 1 saturated heterocycles. The summed E-state index contributed by atoms with van der Waals surface area (Å²) in [6, 6.07) is 2.05. The lowest BCUT2D eigenvalue weighted by Crippen LogP contribution is -2.42. The molecule has 0 aromatic carbocycles. The van der Waals surface area contributed by atoms with E-state index >= 15 is 0 Å². The Kier molecular flexibility index (Phi) is 4.79. The molecule has 104 valence electrons. The number of hydrogen-bond donors (Lipinski definition) is 1. The summed E-state index contributed by atoms with van der Waals surface area (Å²) in [4.78, 5) is 13.3. The van der Waals surface area contributed by atoms with Crippen molar-refractivity contribution in [2.75, 3.05) is 25.0 Å². The number of amides is 1. The van der Waals surface area contributed by atoms with Gasteiger partial charge >= 0.3 is 6.09 Å². The second kappa shape index (κ2) is 6.56. The number of aromatic nitrogens is 2. The Morgan fingerprint density at radius 1 is 1.58 bits per heavy atom. The largest absolute Gasteiger partial charge is 0.450 e. The molecule has 1 aromatic rings. The Balaban J connectivity index is 1.82. The van der Waals surface area contributed by atoms with Crippen LogP contribution in [0.2, 0.25) is 5.15 Å². The van der Waals surface area contributed by atoms with Crippen LogP contribution in [0.4, 0.5) is 10.5 Å². The van der Waals surface area contributed by atoms with E-state index in [1.54, 1.807) is 17.2 Å². The summed E-state index contributed by atoms with van der Waals surface area (Å²) < 4.78 is 4.98. The van der Waals surface area contributed by atoms with E-state index in [4.69, 9.17) is 16.3 Å². The third kappa shape index (κ3) is 3.96. The smallest absolute Gasteiger partial charge is 0.409 e. The van der Waals surface area contributed by atoms with Crippen LogP contribution in [0.15, 0.2) is 12.3 Å². The van der Waals surface area contributed by atoms with E-state index in [-0.39, 0.29) is 6.09 Å². The van der Waals surface area contributed by atoms with Crippen molar-refractivity contribution in [3.05, 3.63) is 17.4 Å². The van der Waals surface area contributed by atoms with Crippen molar-refractivity contribution in [2.45, 2.75) is 25.8 Å². The number of halogens is 1. The van der Waals surface area contributed by atoms with Gasteiger partial charge in [-0.25, -0.2) is 4.79 Å². The molecule has 0 spiro atoms. The van der Waals surface area contributed by atoms with Crippen molar-refractivity contribution in [2.24, 2.45) is 0 Å². The van der Waals surface area contributed by atoms with Crippen LogP contribution in [0.25, 0.3) is 0 Å². The molecule has 1 N–H and O–H groups in total. The summed E-state index contributed by atoms with van der Waals surface area (Å²) in [5.74, 6) is 0. The average Bonchev–Trinajstić information content (AvgIpc) is 2.40. The molecule has 1 aromatic heterocycles. The highest BCUT2D eigenvalue weighted by atomic mass is 35.5. The first-order valence-corrected chi connectivity index (χ1v) is 6.73. The predicted octanol–water partition coefficient (Wildman–Crippen LogP) is 2.16. The fourth-order valence-corrected chi connectivity index (χ4v) is 2.24. The Morgan fingerprint density at radius 3 is 2.95 bits per heavy atom. The molecule has 19 heavy (non-hydrogen) atoms. The number of carbonyl (C=O) groups excluding carboxylic acids is 1. The van der Waals surface area contributed by atoms with Gasteiger partial charge in [-0.3, -0.25) is 0 Å². The maximum Gasteiger partial charge on any atom is 0.409 e. The Morgan fingerprint density at radius 2 is 2.32 bits per heavy atom. The van der Waals surface area contributed by atoms with Gasteiger partial charge in [0.15, 0.2) is 5.15 Å². The summed E-state index contributed by atoms with van der Waals surface area (Å²) in [5.41, 5.74) is 0.856. The zero-order chi connectivity index (χ0) is 13.7. The summed E-state index contributed by atoms with van der Waals surface area (Å²) >= 11 is 5.78. The number of ether oxygens (including phenoxy) is 1. The highest BCUT2D eigenvalue weighted by Gasteiger charge is 2.23. The molecule has 2 heterocycles. The highest BCUT2D eigenvalue weighted by molar-refractivity contribution is 6.29. The second-order valence-electron chi connectivity index (χ2n) is 4.37. The van der Waals surface area contributed by atoms with Gasteiger partial charge in [-0.1, -0.05) is 11.6 Å². The van der Waals surface area contributed by atoms with Gasteiger partial charge in [-0.2, -0.15) is 5.10 Å². The fourth-order valence-electron chi connectivity index (χ4n) is 2.08. The van der Waals surface area contributed by atoms with Crippen molar-refractivity contribution in [3.63, 3.8) is 0 Å². The molecule has 0 saturated carbocycles. The first-order chi connectivity index (χ1) is 9.19. The predicted molar refractivity (Wildman–Crippen MR) is 72.3 cm³/mol. The number of likely N-dealkylation sites (tertiary alicyclic amines) is 1. The van der Waals surface area contributed by atoms with Crippen LogP contribution in [0.5, 0.6) is 0 Å². The van der Waals surface area contributed by atoms with Crippen molar-refractivity contribution in [1.29, 1.82) is 0 Å². The summed E-state index contributed by atoms with van der Waals surface area (Å²) in [7, 11) is 0. The highest BCUT2D eigenvalue weighted by Crippen LogP contribution is 2.18. The van der Waals surface area contributed by atoms with Gasteiger partial charge in [-0.05, 0) is 19.8 Å². The van der Waals surface area contributed by atoms with Gasteiger partial charge in [-0.15, -0.1) is 5.10 Å². The monoisotopic (exact) mass is 284 g/mol. The number of piperidine rings is 1. The van der Waals surface area contributed by atoms with Gasteiger partial charge in [0.05, 0.1) is 18.5 Å². The normalized spacial score (nSPS) is 16.2. The number of nitrogens with zero attached hydrogens (tertiary/aromatic N) is 3. The van der Waals surface area contributed by atoms with E-state index in [9.17, 15) is 4.79 Å². The molecular weight excluding hydrogens is 268 g/mol. The Hall–Kier alpha value is -1.56. The first kappa shape index (κ1) is 13.9. The van der Waals surface area contributed by atoms with E-state index in [1.165, 1.54) is 0 Å². The molecule has 0 bridgehead atoms. The van der Waals surface area contributed by atoms with Crippen LogP contribution in [0.1, 0.15) is 19.8 Å². The zero-order valence-electron chi connectivity index (χ0n) is 10.8. The molecule has 2 rings (SSSR count). The third-order valence-electron chi connectivity index (χ3n) is 3.02. The summed E-state index contributed by atoms with van der Waals surface area (Å²) in [5, 5.41) is 11.2. The van der Waals surface area contributed by atoms with Gasteiger partial charge in [0.2, 0.25) is 0 Å². The van der Waals surface area contributed by atoms with E-state index in [0.717, 1.165) is 18.5 Å². The van der Waals surface area contributed by atoms with E-state index in [1.807, 2.05) is 6.92 Å². The van der Waals surface area contributed by atoms with Gasteiger partial charge < -0.3 is 15.0 Å².